The molecule has 0 aliphatic carbocycles. The summed E-state index contributed by atoms with van der Waals surface area (Å²) >= 11 is 9.42. The van der Waals surface area contributed by atoms with E-state index in [0.717, 1.165) is 10.0 Å². The number of rotatable bonds is 4. The minimum Gasteiger partial charge on any atom is -0.417 e. The van der Waals surface area contributed by atoms with E-state index in [9.17, 15) is 4.79 Å². The second kappa shape index (κ2) is 6.16. The Morgan fingerprint density at radius 1 is 1.47 bits per heavy atom. The summed E-state index contributed by atoms with van der Waals surface area (Å²) in [5.41, 5.74) is 0.965. The second-order valence-electron chi connectivity index (χ2n) is 3.87. The van der Waals surface area contributed by atoms with Crippen molar-refractivity contribution in [3.05, 3.63) is 45.0 Å². The molecule has 0 saturated carbocycles. The monoisotopic (exact) mass is 343 g/mol. The minimum atomic E-state index is -0.381. The summed E-state index contributed by atoms with van der Waals surface area (Å²) in [4.78, 5) is 11.6. The molecule has 7 heteroatoms. The van der Waals surface area contributed by atoms with E-state index in [1.807, 2.05) is 18.2 Å². The third-order valence-electron chi connectivity index (χ3n) is 2.42. The van der Waals surface area contributed by atoms with Gasteiger partial charge in [0.15, 0.2) is 0 Å². The van der Waals surface area contributed by atoms with Crippen LogP contribution >= 0.6 is 27.5 Å². The molecule has 0 aliphatic heterocycles. The lowest BCUT2D eigenvalue weighted by molar-refractivity contribution is 0.0918. The molecule has 1 amide bonds. The van der Waals surface area contributed by atoms with Crippen LogP contribution in [-0.2, 0) is 6.42 Å². The maximum atomic E-state index is 11.6. The first-order valence-electron chi connectivity index (χ1n) is 5.58. The fourth-order valence-electron chi connectivity index (χ4n) is 1.50. The number of halogens is 2. The van der Waals surface area contributed by atoms with E-state index in [-0.39, 0.29) is 11.8 Å². The number of carbonyl (C=O) groups excluding carboxylic acids is 1. The van der Waals surface area contributed by atoms with Crippen LogP contribution in [0.15, 0.2) is 27.1 Å². The standard InChI is InChI=1S/C12H11BrClN3O2/c1-7-16-17-12(19-7)11(18)15-5-4-8-2-3-9(13)6-10(8)14/h2-3,6H,4-5H2,1H3,(H,15,18). The molecule has 0 atom stereocenters. The first kappa shape index (κ1) is 14.0. The Morgan fingerprint density at radius 2 is 2.26 bits per heavy atom. The molecule has 1 aromatic heterocycles. The Balaban J connectivity index is 1.88. The summed E-state index contributed by atoms with van der Waals surface area (Å²) in [6.07, 6.45) is 0.630. The van der Waals surface area contributed by atoms with Crippen LogP contribution in [0, 0.1) is 6.92 Å². The van der Waals surface area contributed by atoms with Gasteiger partial charge in [0, 0.05) is 23.0 Å². The van der Waals surface area contributed by atoms with Crippen molar-refractivity contribution in [2.24, 2.45) is 0 Å². The molecule has 0 spiro atoms. The van der Waals surface area contributed by atoms with Crippen LogP contribution in [0.25, 0.3) is 0 Å². The van der Waals surface area contributed by atoms with Crippen molar-refractivity contribution >= 4 is 33.4 Å². The Bertz CT molecular complexity index is 600. The molecule has 1 aromatic carbocycles. The molecule has 0 saturated heterocycles. The van der Waals surface area contributed by atoms with Gasteiger partial charge in [-0.1, -0.05) is 33.6 Å². The first-order chi connectivity index (χ1) is 9.06. The third kappa shape index (κ3) is 3.78. The number of hydrogen-bond donors (Lipinski definition) is 1. The highest BCUT2D eigenvalue weighted by atomic mass is 79.9. The maximum Gasteiger partial charge on any atom is 0.308 e. The van der Waals surface area contributed by atoms with Crippen molar-refractivity contribution in [3.8, 4) is 0 Å². The van der Waals surface area contributed by atoms with Gasteiger partial charge in [0.25, 0.3) is 0 Å². The molecule has 0 fully saturated rings. The average Bonchev–Trinajstić information content (AvgIpc) is 2.78. The van der Waals surface area contributed by atoms with Crippen LogP contribution in [0.1, 0.15) is 22.1 Å². The molecular weight excluding hydrogens is 334 g/mol. The number of nitrogens with one attached hydrogen (secondary N) is 1. The van der Waals surface area contributed by atoms with Gasteiger partial charge in [0.05, 0.1) is 0 Å². The Labute approximate surface area is 123 Å². The predicted octanol–water partition coefficient (Wildman–Crippen LogP) is 2.77. The number of hydrogen-bond acceptors (Lipinski definition) is 4. The van der Waals surface area contributed by atoms with Crippen LogP contribution in [0.5, 0.6) is 0 Å². The van der Waals surface area contributed by atoms with E-state index in [1.54, 1.807) is 6.92 Å². The molecule has 1 heterocycles. The highest BCUT2D eigenvalue weighted by Crippen LogP contribution is 2.21. The molecule has 0 radical (unpaired) electrons. The van der Waals surface area contributed by atoms with Crippen LogP contribution in [0.4, 0.5) is 0 Å². The molecule has 100 valence electrons. The van der Waals surface area contributed by atoms with Gasteiger partial charge in [-0.2, -0.15) is 0 Å². The highest BCUT2D eigenvalue weighted by Gasteiger charge is 2.12. The van der Waals surface area contributed by atoms with Crippen molar-refractivity contribution in [1.82, 2.24) is 15.5 Å². The number of benzene rings is 1. The number of nitrogens with zero attached hydrogens (tertiary/aromatic N) is 2. The third-order valence-corrected chi connectivity index (χ3v) is 3.26. The first-order valence-corrected chi connectivity index (χ1v) is 6.75. The molecule has 2 rings (SSSR count). The van der Waals surface area contributed by atoms with Gasteiger partial charge in [-0.15, -0.1) is 10.2 Å². The predicted molar refractivity (Wildman–Crippen MR) is 74.2 cm³/mol. The van der Waals surface area contributed by atoms with Crippen LogP contribution in [0.3, 0.4) is 0 Å². The summed E-state index contributed by atoms with van der Waals surface area (Å²) in [7, 11) is 0. The Kier molecular flexibility index (Phi) is 4.55. The molecule has 0 bridgehead atoms. The number of aryl methyl sites for hydroxylation is 1. The van der Waals surface area contributed by atoms with E-state index >= 15 is 0 Å². The van der Waals surface area contributed by atoms with Crippen molar-refractivity contribution < 1.29 is 9.21 Å². The fraction of sp³-hybridized carbons (Fsp3) is 0.250. The van der Waals surface area contributed by atoms with Crippen molar-refractivity contribution in [2.75, 3.05) is 6.54 Å². The SMILES string of the molecule is Cc1nnc(C(=O)NCCc2ccc(Br)cc2Cl)o1. The normalized spacial score (nSPS) is 10.5. The lowest BCUT2D eigenvalue weighted by Crippen LogP contribution is -2.26. The maximum absolute atomic E-state index is 11.6. The van der Waals surface area contributed by atoms with Gasteiger partial charge in [0.1, 0.15) is 0 Å². The molecule has 2 aromatic rings. The van der Waals surface area contributed by atoms with Crippen LogP contribution in [0.2, 0.25) is 5.02 Å². The fourth-order valence-corrected chi connectivity index (χ4v) is 2.27. The lowest BCUT2D eigenvalue weighted by atomic mass is 10.1. The molecular formula is C12H11BrClN3O2. The van der Waals surface area contributed by atoms with Gasteiger partial charge in [-0.3, -0.25) is 4.79 Å². The Hall–Kier alpha value is -1.40. The molecule has 5 nitrogen and oxygen atoms in total. The summed E-state index contributed by atoms with van der Waals surface area (Å²) in [6.45, 7) is 2.08. The number of amides is 1. The van der Waals surface area contributed by atoms with Gasteiger partial charge in [0.2, 0.25) is 5.89 Å². The quantitative estimate of drug-likeness (QED) is 0.926. The number of aromatic nitrogens is 2. The minimum absolute atomic E-state index is 0.0283. The molecule has 0 aliphatic rings. The summed E-state index contributed by atoms with van der Waals surface area (Å²) in [5.74, 6) is -0.0469. The zero-order chi connectivity index (χ0) is 13.8. The number of carbonyl (C=O) groups is 1. The molecule has 0 unspecified atom stereocenters. The van der Waals surface area contributed by atoms with Crippen molar-refractivity contribution in [3.63, 3.8) is 0 Å². The highest BCUT2D eigenvalue weighted by molar-refractivity contribution is 9.10. The lowest BCUT2D eigenvalue weighted by Gasteiger charge is -2.05. The van der Waals surface area contributed by atoms with Crippen LogP contribution in [-0.4, -0.2) is 22.6 Å². The van der Waals surface area contributed by atoms with Gasteiger partial charge < -0.3 is 9.73 Å². The van der Waals surface area contributed by atoms with E-state index in [4.69, 9.17) is 16.0 Å². The smallest absolute Gasteiger partial charge is 0.308 e. The summed E-state index contributed by atoms with van der Waals surface area (Å²) < 4.78 is 5.94. The summed E-state index contributed by atoms with van der Waals surface area (Å²) in [5, 5.41) is 10.6. The largest absolute Gasteiger partial charge is 0.417 e. The Morgan fingerprint density at radius 3 is 2.89 bits per heavy atom. The zero-order valence-electron chi connectivity index (χ0n) is 10.1. The average molecular weight is 345 g/mol. The van der Waals surface area contributed by atoms with Crippen molar-refractivity contribution in [2.45, 2.75) is 13.3 Å². The van der Waals surface area contributed by atoms with Gasteiger partial charge >= 0.3 is 11.8 Å². The van der Waals surface area contributed by atoms with Gasteiger partial charge in [-0.05, 0) is 24.1 Å². The van der Waals surface area contributed by atoms with Crippen LogP contribution < -0.4 is 5.32 Å². The van der Waals surface area contributed by atoms with E-state index in [0.29, 0.717) is 23.9 Å². The van der Waals surface area contributed by atoms with Gasteiger partial charge in [-0.25, -0.2) is 0 Å². The summed E-state index contributed by atoms with van der Waals surface area (Å²) in [6, 6.07) is 5.64. The van der Waals surface area contributed by atoms with E-state index < -0.39 is 0 Å². The van der Waals surface area contributed by atoms with E-state index in [1.165, 1.54) is 0 Å². The zero-order valence-corrected chi connectivity index (χ0v) is 12.5. The second-order valence-corrected chi connectivity index (χ2v) is 5.19. The molecule has 1 N–H and O–H groups in total. The van der Waals surface area contributed by atoms with E-state index in [2.05, 4.69) is 31.4 Å². The van der Waals surface area contributed by atoms with Crippen molar-refractivity contribution in [1.29, 1.82) is 0 Å². The molecule has 19 heavy (non-hydrogen) atoms. The topological polar surface area (TPSA) is 68.0 Å².